The van der Waals surface area contributed by atoms with Gasteiger partial charge in [0.05, 0.1) is 6.61 Å². The Morgan fingerprint density at radius 1 is 1.25 bits per heavy atom. The van der Waals surface area contributed by atoms with Crippen molar-refractivity contribution in [3.63, 3.8) is 0 Å². The molecule has 0 aromatic rings. The lowest BCUT2D eigenvalue weighted by Crippen LogP contribution is -2.13. The Morgan fingerprint density at radius 3 is 2.25 bits per heavy atom. The van der Waals surface area contributed by atoms with Crippen LogP contribution in [0.3, 0.4) is 0 Å². The molecule has 0 bridgehead atoms. The van der Waals surface area contributed by atoms with E-state index in [1.165, 1.54) is 12.8 Å². The molecule has 0 aliphatic rings. The summed E-state index contributed by atoms with van der Waals surface area (Å²) in [5, 5.41) is 0. The van der Waals surface area contributed by atoms with Gasteiger partial charge in [-0.3, -0.25) is 0 Å². The van der Waals surface area contributed by atoms with Crippen LogP contribution in [0, 0.1) is 0 Å². The molecular weight excluding hydrogens is 154 g/mol. The maximum atomic E-state index is 10.0. The number of hydrogen-bond donors (Lipinski definition) is 1. The second kappa shape index (κ2) is 12.9. The predicted octanol–water partition coefficient (Wildman–Crippen LogP) is 2.69. The fraction of sp³-hybridized carbons (Fsp3) is 0.889. The van der Waals surface area contributed by atoms with Crippen LogP contribution in [0.4, 0.5) is 4.79 Å². The second-order valence-corrected chi connectivity index (χ2v) is 2.23. The molecule has 0 aliphatic heterocycles. The number of carbonyl (C=O) groups is 1. The molecule has 3 nitrogen and oxygen atoms in total. The number of amides is 1. The average molecular weight is 175 g/mol. The minimum atomic E-state index is -0.670. The molecule has 0 spiro atoms. The lowest BCUT2D eigenvalue weighted by molar-refractivity contribution is 0.154. The van der Waals surface area contributed by atoms with Gasteiger partial charge >= 0.3 is 6.09 Å². The van der Waals surface area contributed by atoms with Gasteiger partial charge in [0.2, 0.25) is 0 Å². The van der Waals surface area contributed by atoms with Crippen LogP contribution in [0.25, 0.3) is 0 Å². The van der Waals surface area contributed by atoms with Crippen molar-refractivity contribution in [1.82, 2.24) is 0 Å². The first-order valence-corrected chi connectivity index (χ1v) is 4.69. The van der Waals surface area contributed by atoms with Crippen molar-refractivity contribution in [3.05, 3.63) is 0 Å². The molecular formula is C9H21NO2. The summed E-state index contributed by atoms with van der Waals surface area (Å²) in [6, 6.07) is 0. The maximum absolute atomic E-state index is 10.0. The predicted molar refractivity (Wildman–Crippen MR) is 51.0 cm³/mol. The van der Waals surface area contributed by atoms with Crippen molar-refractivity contribution in [2.75, 3.05) is 6.61 Å². The van der Waals surface area contributed by atoms with Gasteiger partial charge in [0.1, 0.15) is 0 Å². The smallest absolute Gasteiger partial charge is 0.404 e. The van der Waals surface area contributed by atoms with E-state index in [2.05, 4.69) is 11.7 Å². The molecule has 0 atom stereocenters. The molecule has 12 heavy (non-hydrogen) atoms. The van der Waals surface area contributed by atoms with Crippen LogP contribution < -0.4 is 5.73 Å². The van der Waals surface area contributed by atoms with E-state index in [0.717, 1.165) is 12.8 Å². The molecule has 0 aliphatic carbocycles. The van der Waals surface area contributed by atoms with Crippen molar-refractivity contribution < 1.29 is 9.53 Å². The van der Waals surface area contributed by atoms with Crippen molar-refractivity contribution in [1.29, 1.82) is 0 Å². The maximum Gasteiger partial charge on any atom is 0.404 e. The van der Waals surface area contributed by atoms with Gasteiger partial charge in [0.25, 0.3) is 0 Å². The number of nitrogens with two attached hydrogens (primary N) is 1. The molecule has 3 heteroatoms. The highest BCUT2D eigenvalue weighted by molar-refractivity contribution is 5.64. The first-order valence-electron chi connectivity index (χ1n) is 4.69. The van der Waals surface area contributed by atoms with Gasteiger partial charge in [0.15, 0.2) is 0 Å². The molecule has 0 rings (SSSR count). The summed E-state index contributed by atoms with van der Waals surface area (Å²) in [5.74, 6) is 0. The zero-order chi connectivity index (χ0) is 9.82. The van der Waals surface area contributed by atoms with Crippen LogP contribution in [0.15, 0.2) is 0 Å². The molecule has 0 saturated heterocycles. The van der Waals surface area contributed by atoms with Crippen molar-refractivity contribution in [3.8, 4) is 0 Å². The first-order chi connectivity index (χ1) is 5.77. The van der Waals surface area contributed by atoms with Gasteiger partial charge < -0.3 is 10.5 Å². The summed E-state index contributed by atoms with van der Waals surface area (Å²) in [6.07, 6.45) is 3.76. The Bertz CT molecular complexity index is 94.5. The van der Waals surface area contributed by atoms with E-state index in [-0.39, 0.29) is 0 Å². The van der Waals surface area contributed by atoms with E-state index >= 15 is 0 Å². The molecule has 0 fully saturated rings. The SMILES string of the molecule is CC.CCCCCCOC(N)=O. The Kier molecular flexibility index (Phi) is 14.9. The van der Waals surface area contributed by atoms with Crippen LogP contribution in [0.5, 0.6) is 0 Å². The van der Waals surface area contributed by atoms with Gasteiger partial charge in [-0.15, -0.1) is 0 Å². The highest BCUT2D eigenvalue weighted by atomic mass is 16.5. The van der Waals surface area contributed by atoms with Crippen LogP contribution in [-0.2, 0) is 4.74 Å². The van der Waals surface area contributed by atoms with Crippen LogP contribution in [0.1, 0.15) is 46.5 Å². The molecule has 0 radical (unpaired) electrons. The number of ether oxygens (including phenoxy) is 1. The summed E-state index contributed by atoms with van der Waals surface area (Å²) in [7, 11) is 0. The summed E-state index contributed by atoms with van der Waals surface area (Å²) in [4.78, 5) is 10.0. The highest BCUT2D eigenvalue weighted by Gasteiger charge is 1.91. The Labute approximate surface area is 75.3 Å². The van der Waals surface area contributed by atoms with E-state index < -0.39 is 6.09 Å². The highest BCUT2D eigenvalue weighted by Crippen LogP contribution is 1.98. The largest absolute Gasteiger partial charge is 0.450 e. The molecule has 0 aromatic carbocycles. The van der Waals surface area contributed by atoms with Crippen LogP contribution >= 0.6 is 0 Å². The molecule has 0 heterocycles. The minimum absolute atomic E-state index is 0.468. The van der Waals surface area contributed by atoms with E-state index in [1.807, 2.05) is 13.8 Å². The van der Waals surface area contributed by atoms with Gasteiger partial charge in [-0.2, -0.15) is 0 Å². The quantitative estimate of drug-likeness (QED) is 0.653. The van der Waals surface area contributed by atoms with Gasteiger partial charge in [-0.05, 0) is 6.42 Å². The Morgan fingerprint density at radius 2 is 1.83 bits per heavy atom. The topological polar surface area (TPSA) is 52.3 Å². The number of hydrogen-bond acceptors (Lipinski definition) is 2. The fourth-order valence-electron chi connectivity index (χ4n) is 0.702. The molecule has 74 valence electrons. The van der Waals surface area contributed by atoms with Crippen LogP contribution in [-0.4, -0.2) is 12.7 Å². The zero-order valence-corrected chi connectivity index (χ0v) is 8.43. The third kappa shape index (κ3) is 16.1. The standard InChI is InChI=1S/C7H15NO2.C2H6/c1-2-3-4-5-6-10-7(8)9;1-2/h2-6H2,1H3,(H2,8,9);1-2H3. The Balaban J connectivity index is 0. The van der Waals surface area contributed by atoms with E-state index in [9.17, 15) is 4.79 Å². The molecule has 0 aromatic heterocycles. The third-order valence-electron chi connectivity index (χ3n) is 1.24. The van der Waals surface area contributed by atoms with Crippen molar-refractivity contribution in [2.24, 2.45) is 5.73 Å². The lowest BCUT2D eigenvalue weighted by atomic mass is 10.2. The molecule has 0 saturated carbocycles. The number of carbonyl (C=O) groups excluding carboxylic acids is 1. The number of rotatable bonds is 5. The van der Waals surface area contributed by atoms with Crippen molar-refractivity contribution >= 4 is 6.09 Å². The summed E-state index contributed by atoms with van der Waals surface area (Å²) >= 11 is 0. The fourth-order valence-corrected chi connectivity index (χ4v) is 0.702. The van der Waals surface area contributed by atoms with E-state index in [0.29, 0.717) is 6.61 Å². The number of primary amides is 1. The van der Waals surface area contributed by atoms with E-state index in [4.69, 9.17) is 5.73 Å². The number of unbranched alkanes of at least 4 members (excludes halogenated alkanes) is 3. The normalized spacial score (nSPS) is 8.25. The second-order valence-electron chi connectivity index (χ2n) is 2.23. The minimum Gasteiger partial charge on any atom is -0.450 e. The summed E-state index contributed by atoms with van der Waals surface area (Å²) < 4.78 is 4.53. The molecule has 2 N–H and O–H groups in total. The summed E-state index contributed by atoms with van der Waals surface area (Å²) in [6.45, 7) is 6.60. The van der Waals surface area contributed by atoms with Gasteiger partial charge in [-0.1, -0.05) is 40.0 Å². The first kappa shape index (κ1) is 13.8. The van der Waals surface area contributed by atoms with Gasteiger partial charge in [0, 0.05) is 0 Å². The Hall–Kier alpha value is -0.730. The summed E-state index contributed by atoms with van der Waals surface area (Å²) in [5.41, 5.74) is 4.75. The van der Waals surface area contributed by atoms with E-state index in [1.54, 1.807) is 0 Å². The molecule has 1 amide bonds. The average Bonchev–Trinajstić information content (AvgIpc) is 2.07. The van der Waals surface area contributed by atoms with Crippen LogP contribution in [0.2, 0.25) is 0 Å². The monoisotopic (exact) mass is 175 g/mol. The van der Waals surface area contributed by atoms with Gasteiger partial charge in [-0.25, -0.2) is 4.79 Å². The zero-order valence-electron chi connectivity index (χ0n) is 8.43. The van der Waals surface area contributed by atoms with Crippen molar-refractivity contribution in [2.45, 2.75) is 46.5 Å². The lowest BCUT2D eigenvalue weighted by Gasteiger charge is -1.99. The molecule has 0 unspecified atom stereocenters. The third-order valence-corrected chi connectivity index (χ3v) is 1.24.